The van der Waals surface area contributed by atoms with Crippen molar-refractivity contribution in [1.82, 2.24) is 9.78 Å². The van der Waals surface area contributed by atoms with Crippen LogP contribution in [0.4, 0.5) is 10.5 Å². The molecule has 1 aromatic carbocycles. The molecule has 2 rings (SSSR count). The second kappa shape index (κ2) is 4.52. The highest BCUT2D eigenvalue weighted by Crippen LogP contribution is 2.25. The molecule has 3 N–H and O–H groups in total. The quantitative estimate of drug-likeness (QED) is 0.773. The Hall–Kier alpha value is -2.57. The van der Waals surface area contributed by atoms with Crippen LogP contribution in [0, 0.1) is 0 Å². The predicted octanol–water partition coefficient (Wildman–Crippen LogP) is 2.10. The van der Waals surface area contributed by atoms with Crippen LogP contribution in [0.5, 0.6) is 0 Å². The number of rotatable bonds is 1. The lowest BCUT2D eigenvalue weighted by atomic mass is 10.1. The van der Waals surface area contributed by atoms with Gasteiger partial charge in [-0.3, -0.25) is 0 Å². The van der Waals surface area contributed by atoms with Crippen LogP contribution in [-0.4, -0.2) is 32.6 Å². The molecule has 20 heavy (non-hydrogen) atoms. The second-order valence-corrected chi connectivity index (χ2v) is 5.29. The summed E-state index contributed by atoms with van der Waals surface area (Å²) in [5, 5.41) is 13.2. The molecule has 106 valence electrons. The van der Waals surface area contributed by atoms with E-state index in [9.17, 15) is 9.59 Å². The number of aromatic carboxylic acids is 1. The Morgan fingerprint density at radius 3 is 2.55 bits per heavy atom. The van der Waals surface area contributed by atoms with Crippen LogP contribution >= 0.6 is 0 Å². The van der Waals surface area contributed by atoms with E-state index in [2.05, 4.69) is 5.10 Å². The summed E-state index contributed by atoms with van der Waals surface area (Å²) in [6.07, 6.45) is -0.749. The highest BCUT2D eigenvalue weighted by atomic mass is 16.6. The Kier molecular flexibility index (Phi) is 3.13. The van der Waals surface area contributed by atoms with Crippen LogP contribution < -0.4 is 5.73 Å². The number of nitrogen functional groups attached to an aromatic ring is 1. The molecule has 0 saturated heterocycles. The first kappa shape index (κ1) is 13.9. The molecule has 0 bridgehead atoms. The number of carboxylic acid groups (broad SMARTS) is 1. The maximum atomic E-state index is 12.1. The van der Waals surface area contributed by atoms with E-state index < -0.39 is 17.7 Å². The molecule has 0 radical (unpaired) electrons. The molecule has 0 aliphatic rings. The molecule has 0 aliphatic heterocycles. The minimum absolute atomic E-state index is 0.228. The molecule has 7 heteroatoms. The van der Waals surface area contributed by atoms with E-state index in [1.165, 1.54) is 0 Å². The van der Waals surface area contributed by atoms with Gasteiger partial charge in [0.15, 0.2) is 5.69 Å². The zero-order valence-corrected chi connectivity index (χ0v) is 11.4. The fourth-order valence-electron chi connectivity index (χ4n) is 1.79. The van der Waals surface area contributed by atoms with Gasteiger partial charge in [0.1, 0.15) is 5.60 Å². The van der Waals surface area contributed by atoms with Crippen LogP contribution in [0.15, 0.2) is 18.2 Å². The third kappa shape index (κ3) is 2.42. The van der Waals surface area contributed by atoms with E-state index in [-0.39, 0.29) is 16.8 Å². The van der Waals surface area contributed by atoms with Crippen molar-refractivity contribution in [2.24, 2.45) is 0 Å². The van der Waals surface area contributed by atoms with Gasteiger partial charge in [-0.25, -0.2) is 9.59 Å². The number of fused-ring (bicyclic) bond motifs is 1. The minimum Gasteiger partial charge on any atom is -0.476 e. The van der Waals surface area contributed by atoms with Crippen molar-refractivity contribution in [2.75, 3.05) is 5.73 Å². The monoisotopic (exact) mass is 277 g/mol. The maximum absolute atomic E-state index is 12.1. The number of hydrogen-bond acceptors (Lipinski definition) is 5. The summed E-state index contributed by atoms with van der Waals surface area (Å²) in [6.45, 7) is 5.13. The minimum atomic E-state index is -1.25. The van der Waals surface area contributed by atoms with Crippen molar-refractivity contribution in [3.8, 4) is 0 Å². The van der Waals surface area contributed by atoms with Crippen LogP contribution in [0.25, 0.3) is 10.9 Å². The molecular formula is C13H15N3O4. The number of nitrogens with two attached hydrogens (primary N) is 1. The van der Waals surface area contributed by atoms with Gasteiger partial charge >= 0.3 is 12.1 Å². The van der Waals surface area contributed by atoms with Gasteiger partial charge in [0, 0.05) is 5.69 Å². The van der Waals surface area contributed by atoms with Crippen molar-refractivity contribution in [3.05, 3.63) is 23.9 Å². The fourth-order valence-corrected chi connectivity index (χ4v) is 1.79. The molecule has 0 amide bonds. The summed E-state index contributed by atoms with van der Waals surface area (Å²) >= 11 is 0. The van der Waals surface area contributed by atoms with Crippen molar-refractivity contribution in [1.29, 1.82) is 0 Å². The van der Waals surface area contributed by atoms with E-state index in [0.717, 1.165) is 4.68 Å². The summed E-state index contributed by atoms with van der Waals surface area (Å²) in [5.74, 6) is -1.25. The summed E-state index contributed by atoms with van der Waals surface area (Å²) in [4.78, 5) is 23.3. The number of anilines is 1. The number of benzene rings is 1. The van der Waals surface area contributed by atoms with Gasteiger partial charge in [-0.1, -0.05) is 6.07 Å². The number of nitrogens with zero attached hydrogens (tertiary/aromatic N) is 2. The SMILES string of the molecule is CC(C)(C)OC(=O)n1nc(C(=O)O)c2c(N)cccc21. The molecule has 1 heterocycles. The Labute approximate surface area is 114 Å². The van der Waals surface area contributed by atoms with Crippen molar-refractivity contribution in [3.63, 3.8) is 0 Å². The molecule has 0 fully saturated rings. The number of hydrogen-bond donors (Lipinski definition) is 2. The summed E-state index contributed by atoms with van der Waals surface area (Å²) in [7, 11) is 0. The highest BCUT2D eigenvalue weighted by Gasteiger charge is 2.25. The van der Waals surface area contributed by atoms with Crippen LogP contribution in [0.1, 0.15) is 31.3 Å². The predicted molar refractivity (Wildman–Crippen MR) is 72.7 cm³/mol. The van der Waals surface area contributed by atoms with E-state index in [1.54, 1.807) is 39.0 Å². The number of carboxylic acids is 1. The van der Waals surface area contributed by atoms with E-state index >= 15 is 0 Å². The van der Waals surface area contributed by atoms with Gasteiger partial charge in [0.25, 0.3) is 0 Å². The van der Waals surface area contributed by atoms with Crippen molar-refractivity contribution in [2.45, 2.75) is 26.4 Å². The average Bonchev–Trinajstić information content (AvgIpc) is 2.67. The molecule has 2 aromatic rings. The van der Waals surface area contributed by atoms with E-state index in [4.69, 9.17) is 15.6 Å². The van der Waals surface area contributed by atoms with Crippen LogP contribution in [0.2, 0.25) is 0 Å². The number of aromatic nitrogens is 2. The Bertz CT molecular complexity index is 697. The fraction of sp³-hybridized carbons (Fsp3) is 0.308. The molecule has 1 aromatic heterocycles. The van der Waals surface area contributed by atoms with Gasteiger partial charge in [-0.2, -0.15) is 9.78 Å². The molecule has 7 nitrogen and oxygen atoms in total. The Morgan fingerprint density at radius 2 is 2.00 bits per heavy atom. The molecular weight excluding hydrogens is 262 g/mol. The Balaban J connectivity index is 2.64. The largest absolute Gasteiger partial charge is 0.476 e. The molecule has 0 saturated carbocycles. The smallest absolute Gasteiger partial charge is 0.435 e. The number of ether oxygens (including phenoxy) is 1. The lowest BCUT2D eigenvalue weighted by Crippen LogP contribution is -2.27. The first-order valence-corrected chi connectivity index (χ1v) is 5.94. The second-order valence-electron chi connectivity index (χ2n) is 5.29. The first-order valence-electron chi connectivity index (χ1n) is 5.94. The topological polar surface area (TPSA) is 107 Å². The van der Waals surface area contributed by atoms with Gasteiger partial charge < -0.3 is 15.6 Å². The van der Waals surface area contributed by atoms with E-state index in [0.29, 0.717) is 5.52 Å². The zero-order chi connectivity index (χ0) is 15.1. The summed E-state index contributed by atoms with van der Waals surface area (Å²) < 4.78 is 6.11. The van der Waals surface area contributed by atoms with Gasteiger partial charge in [-0.05, 0) is 32.9 Å². The summed E-state index contributed by atoms with van der Waals surface area (Å²) in [5.41, 5.74) is 5.33. The maximum Gasteiger partial charge on any atom is 0.435 e. The lowest BCUT2D eigenvalue weighted by molar-refractivity contribution is 0.0521. The van der Waals surface area contributed by atoms with Crippen LogP contribution in [0.3, 0.4) is 0 Å². The van der Waals surface area contributed by atoms with Crippen molar-refractivity contribution >= 4 is 28.7 Å². The third-order valence-electron chi connectivity index (χ3n) is 2.51. The van der Waals surface area contributed by atoms with Gasteiger partial charge in [0.05, 0.1) is 10.9 Å². The molecule has 0 spiro atoms. The first-order chi connectivity index (χ1) is 9.20. The number of carbonyl (C=O) groups is 2. The summed E-state index contributed by atoms with van der Waals surface area (Å²) in [6, 6.07) is 4.73. The van der Waals surface area contributed by atoms with E-state index in [1.807, 2.05) is 0 Å². The average molecular weight is 277 g/mol. The number of carbonyl (C=O) groups excluding carboxylic acids is 1. The standard InChI is InChI=1S/C13H15N3O4/c1-13(2,3)20-12(19)16-8-6-4-5-7(14)9(8)10(15-16)11(17)18/h4-6H,14H2,1-3H3,(H,17,18). The van der Waals surface area contributed by atoms with Crippen LogP contribution in [-0.2, 0) is 4.74 Å². The molecule has 0 aliphatic carbocycles. The van der Waals surface area contributed by atoms with Gasteiger partial charge in [0.2, 0.25) is 0 Å². The third-order valence-corrected chi connectivity index (χ3v) is 2.51. The highest BCUT2D eigenvalue weighted by molar-refractivity contribution is 6.08. The zero-order valence-electron chi connectivity index (χ0n) is 11.4. The molecule has 0 atom stereocenters. The lowest BCUT2D eigenvalue weighted by Gasteiger charge is -2.19. The normalized spacial score (nSPS) is 11.6. The Morgan fingerprint density at radius 1 is 1.35 bits per heavy atom. The molecule has 0 unspecified atom stereocenters. The van der Waals surface area contributed by atoms with Gasteiger partial charge in [-0.15, -0.1) is 0 Å². The van der Waals surface area contributed by atoms with Crippen molar-refractivity contribution < 1.29 is 19.4 Å².